The van der Waals surface area contributed by atoms with E-state index in [9.17, 15) is 9.90 Å². The molecule has 1 fully saturated rings. The molecule has 1 amide bonds. The zero-order chi connectivity index (χ0) is 14.3. The molecule has 1 aliphatic heterocycles. The number of hydrogen-bond acceptors (Lipinski definition) is 3. The lowest BCUT2D eigenvalue weighted by atomic mass is 9.96. The van der Waals surface area contributed by atoms with Gasteiger partial charge >= 0.3 is 0 Å². The first-order valence-electron chi connectivity index (χ1n) is 7.77. The number of nitrogens with zero attached hydrogens (tertiary/aromatic N) is 1. The van der Waals surface area contributed by atoms with Crippen molar-refractivity contribution in [1.82, 2.24) is 10.2 Å². The molecule has 0 saturated carbocycles. The van der Waals surface area contributed by atoms with Crippen molar-refractivity contribution in [2.45, 2.75) is 65.0 Å². The van der Waals surface area contributed by atoms with Gasteiger partial charge in [-0.15, -0.1) is 0 Å². The Bertz CT molecular complexity index is 271. The summed E-state index contributed by atoms with van der Waals surface area (Å²) in [6.45, 7) is 8.70. The average molecular weight is 270 g/mol. The van der Waals surface area contributed by atoms with Gasteiger partial charge in [-0.25, -0.2) is 0 Å². The molecule has 4 nitrogen and oxygen atoms in total. The molecule has 1 saturated heterocycles. The first-order valence-corrected chi connectivity index (χ1v) is 7.77. The van der Waals surface area contributed by atoms with Crippen LogP contribution in [0.25, 0.3) is 0 Å². The molecule has 0 aromatic rings. The standard InChI is InChI=1S/C15H30N2O2/c1-4-7-12(3)16-15(19)13-8-6-9-17(10-13)11-14(18)5-2/h12-14,18H,4-11H2,1-3H3,(H,16,19). The van der Waals surface area contributed by atoms with Gasteiger partial charge in [-0.3, -0.25) is 9.69 Å². The van der Waals surface area contributed by atoms with Crippen LogP contribution in [0.1, 0.15) is 52.9 Å². The monoisotopic (exact) mass is 270 g/mol. The maximum absolute atomic E-state index is 12.2. The summed E-state index contributed by atoms with van der Waals surface area (Å²) in [5, 5.41) is 12.8. The molecule has 112 valence electrons. The number of aliphatic hydroxyl groups is 1. The quantitative estimate of drug-likeness (QED) is 0.741. The van der Waals surface area contributed by atoms with E-state index in [-0.39, 0.29) is 24.0 Å². The molecule has 2 N–H and O–H groups in total. The Balaban J connectivity index is 2.38. The van der Waals surface area contributed by atoms with Crippen molar-refractivity contribution in [3.63, 3.8) is 0 Å². The Morgan fingerprint density at radius 2 is 2.21 bits per heavy atom. The summed E-state index contributed by atoms with van der Waals surface area (Å²) < 4.78 is 0. The maximum Gasteiger partial charge on any atom is 0.224 e. The molecule has 0 spiro atoms. The van der Waals surface area contributed by atoms with Crippen LogP contribution in [0.4, 0.5) is 0 Å². The second-order valence-electron chi connectivity index (χ2n) is 5.86. The highest BCUT2D eigenvalue weighted by atomic mass is 16.3. The van der Waals surface area contributed by atoms with Crippen molar-refractivity contribution in [3.8, 4) is 0 Å². The molecule has 0 aromatic carbocycles. The van der Waals surface area contributed by atoms with Crippen LogP contribution in [0, 0.1) is 5.92 Å². The Labute approximate surface area is 117 Å². The normalized spacial score (nSPS) is 23.9. The van der Waals surface area contributed by atoms with Gasteiger partial charge in [0.05, 0.1) is 12.0 Å². The summed E-state index contributed by atoms with van der Waals surface area (Å²) in [4.78, 5) is 14.4. The molecule has 1 rings (SSSR count). The van der Waals surface area contributed by atoms with Crippen LogP contribution < -0.4 is 5.32 Å². The number of aliphatic hydroxyl groups excluding tert-OH is 1. The minimum Gasteiger partial charge on any atom is -0.392 e. The lowest BCUT2D eigenvalue weighted by Gasteiger charge is -2.33. The molecule has 0 aromatic heterocycles. The Kier molecular flexibility index (Phi) is 7.39. The van der Waals surface area contributed by atoms with Crippen molar-refractivity contribution in [1.29, 1.82) is 0 Å². The van der Waals surface area contributed by atoms with Crippen molar-refractivity contribution in [2.75, 3.05) is 19.6 Å². The number of likely N-dealkylation sites (tertiary alicyclic amines) is 1. The van der Waals surface area contributed by atoms with E-state index in [0.29, 0.717) is 6.54 Å². The third-order valence-corrected chi connectivity index (χ3v) is 3.93. The summed E-state index contributed by atoms with van der Waals surface area (Å²) in [6.07, 6.45) is 4.68. The molecule has 4 heteroatoms. The van der Waals surface area contributed by atoms with Crippen LogP contribution >= 0.6 is 0 Å². The number of piperidine rings is 1. The number of nitrogens with one attached hydrogen (secondary N) is 1. The molecular weight excluding hydrogens is 240 g/mol. The molecule has 19 heavy (non-hydrogen) atoms. The van der Waals surface area contributed by atoms with E-state index in [2.05, 4.69) is 24.1 Å². The Hall–Kier alpha value is -0.610. The van der Waals surface area contributed by atoms with Gasteiger partial charge in [0, 0.05) is 19.1 Å². The van der Waals surface area contributed by atoms with Gasteiger partial charge in [0.2, 0.25) is 5.91 Å². The summed E-state index contributed by atoms with van der Waals surface area (Å²) in [5.74, 6) is 0.286. The number of amides is 1. The fourth-order valence-corrected chi connectivity index (χ4v) is 2.73. The van der Waals surface area contributed by atoms with Crippen LogP contribution in [0.5, 0.6) is 0 Å². The highest BCUT2D eigenvalue weighted by Crippen LogP contribution is 2.17. The molecule has 0 aliphatic carbocycles. The van der Waals surface area contributed by atoms with E-state index in [1.807, 2.05) is 6.92 Å². The van der Waals surface area contributed by atoms with Gasteiger partial charge < -0.3 is 10.4 Å². The van der Waals surface area contributed by atoms with E-state index in [1.165, 1.54) is 0 Å². The molecule has 0 radical (unpaired) electrons. The fourth-order valence-electron chi connectivity index (χ4n) is 2.73. The van der Waals surface area contributed by atoms with Crippen LogP contribution in [-0.2, 0) is 4.79 Å². The van der Waals surface area contributed by atoms with Gasteiger partial charge in [0.25, 0.3) is 0 Å². The van der Waals surface area contributed by atoms with Gasteiger partial charge in [-0.05, 0) is 39.2 Å². The minimum atomic E-state index is -0.263. The number of carbonyl (C=O) groups excluding carboxylic acids is 1. The topological polar surface area (TPSA) is 52.6 Å². The largest absolute Gasteiger partial charge is 0.392 e. The lowest BCUT2D eigenvalue weighted by Crippen LogP contribution is -2.47. The van der Waals surface area contributed by atoms with E-state index in [0.717, 1.165) is 45.2 Å². The second-order valence-corrected chi connectivity index (χ2v) is 5.86. The van der Waals surface area contributed by atoms with E-state index < -0.39 is 0 Å². The molecule has 1 aliphatic rings. The molecular formula is C15H30N2O2. The number of hydrogen-bond donors (Lipinski definition) is 2. The minimum absolute atomic E-state index is 0.0945. The van der Waals surface area contributed by atoms with Gasteiger partial charge in [-0.2, -0.15) is 0 Å². The third-order valence-electron chi connectivity index (χ3n) is 3.93. The zero-order valence-corrected chi connectivity index (χ0v) is 12.7. The molecule has 3 unspecified atom stereocenters. The summed E-state index contributed by atoms with van der Waals surface area (Å²) in [7, 11) is 0. The van der Waals surface area contributed by atoms with Crippen molar-refractivity contribution in [3.05, 3.63) is 0 Å². The first kappa shape index (κ1) is 16.4. The second kappa shape index (κ2) is 8.54. The Morgan fingerprint density at radius 1 is 1.47 bits per heavy atom. The number of rotatable bonds is 7. The summed E-state index contributed by atoms with van der Waals surface area (Å²) in [6, 6.07) is 0.272. The SMILES string of the molecule is CCCC(C)NC(=O)C1CCCN(CC(O)CC)C1. The third kappa shape index (κ3) is 5.91. The molecule has 3 atom stereocenters. The van der Waals surface area contributed by atoms with Crippen LogP contribution in [0.2, 0.25) is 0 Å². The van der Waals surface area contributed by atoms with Crippen LogP contribution in [0.3, 0.4) is 0 Å². The highest BCUT2D eigenvalue weighted by Gasteiger charge is 2.27. The maximum atomic E-state index is 12.2. The predicted molar refractivity (Wildman–Crippen MR) is 78.0 cm³/mol. The highest BCUT2D eigenvalue weighted by molar-refractivity contribution is 5.79. The molecule has 1 heterocycles. The van der Waals surface area contributed by atoms with Crippen LogP contribution in [0.15, 0.2) is 0 Å². The smallest absolute Gasteiger partial charge is 0.224 e. The van der Waals surface area contributed by atoms with Gasteiger partial charge in [0.15, 0.2) is 0 Å². The van der Waals surface area contributed by atoms with E-state index in [4.69, 9.17) is 0 Å². The van der Waals surface area contributed by atoms with Crippen molar-refractivity contribution >= 4 is 5.91 Å². The molecule has 0 bridgehead atoms. The van der Waals surface area contributed by atoms with Gasteiger partial charge in [-0.1, -0.05) is 20.3 Å². The Morgan fingerprint density at radius 3 is 2.84 bits per heavy atom. The van der Waals surface area contributed by atoms with Crippen molar-refractivity contribution in [2.24, 2.45) is 5.92 Å². The van der Waals surface area contributed by atoms with Crippen LogP contribution in [-0.4, -0.2) is 47.7 Å². The summed E-state index contributed by atoms with van der Waals surface area (Å²) >= 11 is 0. The fraction of sp³-hybridized carbons (Fsp3) is 0.933. The number of β-amino-alcohol motifs (C(OH)–C–C–N with tert-alkyl or cyclic N) is 1. The van der Waals surface area contributed by atoms with E-state index in [1.54, 1.807) is 0 Å². The van der Waals surface area contributed by atoms with E-state index >= 15 is 0 Å². The average Bonchev–Trinajstić information content (AvgIpc) is 2.39. The lowest BCUT2D eigenvalue weighted by molar-refractivity contribution is -0.127. The predicted octanol–water partition coefficient (Wildman–Crippen LogP) is 1.77. The summed E-state index contributed by atoms with van der Waals surface area (Å²) in [5.41, 5.74) is 0. The van der Waals surface area contributed by atoms with Crippen molar-refractivity contribution < 1.29 is 9.90 Å². The zero-order valence-electron chi connectivity index (χ0n) is 12.7. The first-order chi connectivity index (χ1) is 9.06. The van der Waals surface area contributed by atoms with Gasteiger partial charge in [0.1, 0.15) is 0 Å². The number of carbonyl (C=O) groups is 1.